The predicted molar refractivity (Wildman–Crippen MR) is 128 cm³/mol. The molecule has 0 amide bonds. The van der Waals surface area contributed by atoms with Crippen LogP contribution in [-0.4, -0.2) is 14.7 Å². The Morgan fingerprint density at radius 1 is 0.844 bits per heavy atom. The van der Waals surface area contributed by atoms with E-state index in [2.05, 4.69) is 23.2 Å². The molecule has 158 valence electrons. The average Bonchev–Trinajstić information content (AvgIpc) is 3.11. The first-order valence-electron chi connectivity index (χ1n) is 10.6. The van der Waals surface area contributed by atoms with Crippen molar-refractivity contribution in [3.63, 3.8) is 0 Å². The molecule has 5 aromatic rings. The number of ether oxygens (including phenoxy) is 1. The van der Waals surface area contributed by atoms with Crippen molar-refractivity contribution in [2.45, 2.75) is 20.4 Å². The van der Waals surface area contributed by atoms with Crippen LogP contribution in [0.5, 0.6) is 17.4 Å². The number of aromatic nitrogens is 2. The molecule has 4 nitrogen and oxygen atoms in total. The summed E-state index contributed by atoms with van der Waals surface area (Å²) in [5.41, 5.74) is 5.44. The van der Waals surface area contributed by atoms with Gasteiger partial charge < -0.3 is 14.4 Å². The summed E-state index contributed by atoms with van der Waals surface area (Å²) in [5.74, 6) is 1.88. The number of aromatic hydroxyl groups is 1. The largest absolute Gasteiger partial charge is 0.494 e. The lowest BCUT2D eigenvalue weighted by Gasteiger charge is -2.08. The van der Waals surface area contributed by atoms with Gasteiger partial charge in [0.15, 0.2) is 5.88 Å². The molecule has 0 aliphatic heterocycles. The lowest BCUT2D eigenvalue weighted by Crippen LogP contribution is -1.97. The number of aryl methyl sites for hydroxylation is 2. The van der Waals surface area contributed by atoms with Crippen LogP contribution in [0.1, 0.15) is 16.7 Å². The van der Waals surface area contributed by atoms with E-state index in [1.54, 1.807) is 0 Å². The van der Waals surface area contributed by atoms with Crippen molar-refractivity contribution in [1.82, 2.24) is 9.55 Å². The highest BCUT2D eigenvalue weighted by atomic mass is 16.5. The van der Waals surface area contributed by atoms with Gasteiger partial charge in [-0.25, -0.2) is 0 Å². The van der Waals surface area contributed by atoms with E-state index >= 15 is 0 Å². The Morgan fingerprint density at radius 3 is 2.34 bits per heavy atom. The maximum absolute atomic E-state index is 10.9. The second-order valence-corrected chi connectivity index (χ2v) is 8.15. The third-order valence-corrected chi connectivity index (χ3v) is 5.62. The fourth-order valence-corrected chi connectivity index (χ4v) is 4.08. The molecule has 0 aliphatic carbocycles. The zero-order valence-corrected chi connectivity index (χ0v) is 18.1. The van der Waals surface area contributed by atoms with Crippen molar-refractivity contribution in [2.75, 3.05) is 0 Å². The Bertz CT molecular complexity index is 1390. The van der Waals surface area contributed by atoms with Crippen molar-refractivity contribution < 1.29 is 9.84 Å². The molecule has 4 heteroatoms. The summed E-state index contributed by atoms with van der Waals surface area (Å²) in [6.07, 6.45) is 5.75. The summed E-state index contributed by atoms with van der Waals surface area (Å²) in [5, 5.41) is 12.8. The molecule has 5 rings (SSSR count). The van der Waals surface area contributed by atoms with Crippen LogP contribution >= 0.6 is 0 Å². The maximum Gasteiger partial charge on any atom is 0.199 e. The van der Waals surface area contributed by atoms with Gasteiger partial charge in [0, 0.05) is 34.9 Å². The Hall–Kier alpha value is -4.05. The molecule has 0 bridgehead atoms. The van der Waals surface area contributed by atoms with E-state index in [9.17, 15) is 5.11 Å². The van der Waals surface area contributed by atoms with Gasteiger partial charge in [-0.2, -0.15) is 0 Å². The molecular weight excluding hydrogens is 396 g/mol. The summed E-state index contributed by atoms with van der Waals surface area (Å²) >= 11 is 0. The van der Waals surface area contributed by atoms with E-state index in [-0.39, 0.29) is 5.88 Å². The molecule has 0 fully saturated rings. The lowest BCUT2D eigenvalue weighted by atomic mass is 10.0. The van der Waals surface area contributed by atoms with Gasteiger partial charge in [-0.1, -0.05) is 36.4 Å². The van der Waals surface area contributed by atoms with Crippen LogP contribution in [0.25, 0.3) is 21.9 Å². The molecule has 32 heavy (non-hydrogen) atoms. The normalized spacial score (nSPS) is 11.1. The summed E-state index contributed by atoms with van der Waals surface area (Å²) in [6.45, 7) is 4.65. The zero-order valence-electron chi connectivity index (χ0n) is 18.1. The molecule has 1 N–H and O–H groups in total. The van der Waals surface area contributed by atoms with Crippen LogP contribution in [0.2, 0.25) is 0 Å². The van der Waals surface area contributed by atoms with Crippen LogP contribution in [0.4, 0.5) is 0 Å². The quantitative estimate of drug-likeness (QED) is 0.338. The monoisotopic (exact) mass is 420 g/mol. The highest BCUT2D eigenvalue weighted by molar-refractivity contribution is 5.94. The highest BCUT2D eigenvalue weighted by Crippen LogP contribution is 2.35. The van der Waals surface area contributed by atoms with E-state index in [1.165, 1.54) is 0 Å². The van der Waals surface area contributed by atoms with Gasteiger partial charge in [-0.05, 0) is 72.5 Å². The minimum atomic E-state index is 0.288. The van der Waals surface area contributed by atoms with Gasteiger partial charge in [0.2, 0.25) is 0 Å². The first-order chi connectivity index (χ1) is 15.6. The second-order valence-electron chi connectivity index (χ2n) is 8.15. The van der Waals surface area contributed by atoms with Crippen molar-refractivity contribution >= 4 is 10.8 Å². The lowest BCUT2D eigenvalue weighted by molar-refractivity contribution is 0.430. The van der Waals surface area contributed by atoms with Gasteiger partial charge in [0.1, 0.15) is 11.5 Å². The molecule has 0 saturated heterocycles. The fraction of sp³-hybridized carbons (Fsp3) is 0.107. The summed E-state index contributed by atoms with van der Waals surface area (Å²) in [7, 11) is 0. The molecule has 0 saturated carbocycles. The third-order valence-electron chi connectivity index (χ3n) is 5.62. The molecule has 2 aromatic heterocycles. The van der Waals surface area contributed by atoms with Gasteiger partial charge in [0.05, 0.1) is 6.54 Å². The van der Waals surface area contributed by atoms with Gasteiger partial charge in [-0.15, -0.1) is 0 Å². The molecule has 0 unspecified atom stereocenters. The van der Waals surface area contributed by atoms with E-state index in [0.717, 1.165) is 50.1 Å². The van der Waals surface area contributed by atoms with E-state index in [1.807, 2.05) is 91.6 Å². The number of hydrogen-bond acceptors (Lipinski definition) is 3. The topological polar surface area (TPSA) is 47.3 Å². The molecule has 0 spiro atoms. The number of hydrogen-bond donors (Lipinski definition) is 1. The third kappa shape index (κ3) is 3.95. The zero-order chi connectivity index (χ0) is 22.1. The average molecular weight is 421 g/mol. The molecule has 0 radical (unpaired) electrons. The van der Waals surface area contributed by atoms with E-state index < -0.39 is 0 Å². The number of pyridine rings is 1. The maximum atomic E-state index is 10.9. The van der Waals surface area contributed by atoms with Crippen molar-refractivity contribution in [3.05, 3.63) is 108 Å². The minimum absolute atomic E-state index is 0.288. The van der Waals surface area contributed by atoms with Crippen LogP contribution in [-0.2, 0) is 6.54 Å². The number of para-hydroxylation sites is 1. The number of nitrogens with zero attached hydrogens (tertiary/aromatic N) is 2. The van der Waals surface area contributed by atoms with Crippen LogP contribution < -0.4 is 4.74 Å². The smallest absolute Gasteiger partial charge is 0.199 e. The highest BCUT2D eigenvalue weighted by Gasteiger charge is 2.13. The van der Waals surface area contributed by atoms with Crippen LogP contribution in [0, 0.1) is 13.8 Å². The van der Waals surface area contributed by atoms with Gasteiger partial charge >= 0.3 is 0 Å². The fourth-order valence-electron chi connectivity index (χ4n) is 4.08. The second kappa shape index (κ2) is 8.23. The van der Waals surface area contributed by atoms with Crippen molar-refractivity contribution in [1.29, 1.82) is 0 Å². The summed E-state index contributed by atoms with van der Waals surface area (Å²) in [6, 6.07) is 24.0. The minimum Gasteiger partial charge on any atom is -0.494 e. The van der Waals surface area contributed by atoms with E-state index in [0.29, 0.717) is 6.54 Å². The predicted octanol–water partition coefficient (Wildman–Crippen LogP) is 6.87. The first kappa shape index (κ1) is 19.9. The molecule has 3 aromatic carbocycles. The van der Waals surface area contributed by atoms with Gasteiger partial charge in [0.25, 0.3) is 0 Å². The SMILES string of the molecule is Cc1cncc(-c2cc(C)c3c(O)n(Cc4ccc(Oc5ccccc5)cc4)cc3c2)c1. The number of benzene rings is 3. The van der Waals surface area contributed by atoms with Crippen molar-refractivity contribution in [3.8, 4) is 28.5 Å². The Morgan fingerprint density at radius 2 is 1.59 bits per heavy atom. The Kier molecular flexibility index (Phi) is 5.12. The standard InChI is InChI=1S/C28H24N2O2/c1-19-12-23(16-29-15-19)22-13-20(2)27-24(14-22)18-30(28(27)31)17-21-8-10-26(11-9-21)32-25-6-4-3-5-7-25/h3-16,18,31H,17H2,1-2H3. The molecule has 2 heterocycles. The van der Waals surface area contributed by atoms with Gasteiger partial charge in [-0.3, -0.25) is 4.98 Å². The molecule has 0 atom stereocenters. The molecule has 0 aliphatic rings. The Balaban J connectivity index is 1.42. The number of rotatable bonds is 5. The van der Waals surface area contributed by atoms with Crippen LogP contribution in [0.15, 0.2) is 91.4 Å². The first-order valence-corrected chi connectivity index (χ1v) is 10.6. The van der Waals surface area contributed by atoms with Crippen molar-refractivity contribution in [2.24, 2.45) is 0 Å². The summed E-state index contributed by atoms with van der Waals surface area (Å²) < 4.78 is 7.77. The van der Waals surface area contributed by atoms with E-state index in [4.69, 9.17) is 4.74 Å². The number of fused-ring (bicyclic) bond motifs is 1. The molecular formula is C28H24N2O2. The Labute approximate surface area is 187 Å². The summed E-state index contributed by atoms with van der Waals surface area (Å²) in [4.78, 5) is 4.32. The van der Waals surface area contributed by atoms with Crippen LogP contribution in [0.3, 0.4) is 0 Å².